The van der Waals surface area contributed by atoms with Gasteiger partial charge in [-0.15, -0.1) is 11.3 Å². The first-order chi connectivity index (χ1) is 12.1. The molecule has 0 saturated carbocycles. The second-order valence-electron chi connectivity index (χ2n) is 5.46. The van der Waals surface area contributed by atoms with Crippen molar-refractivity contribution in [1.82, 2.24) is 20.1 Å². The smallest absolute Gasteiger partial charge is 0.239 e. The van der Waals surface area contributed by atoms with Crippen molar-refractivity contribution in [3.8, 4) is 11.1 Å². The van der Waals surface area contributed by atoms with E-state index >= 15 is 0 Å². The molecule has 0 aliphatic rings. The lowest BCUT2D eigenvalue weighted by molar-refractivity contribution is 0.376. The van der Waals surface area contributed by atoms with Gasteiger partial charge in [0.1, 0.15) is 22.0 Å². The van der Waals surface area contributed by atoms with E-state index in [0.717, 1.165) is 26.4 Å². The molecule has 3 aromatic heterocycles. The normalized spacial score (nSPS) is 12.6. The van der Waals surface area contributed by atoms with E-state index in [4.69, 9.17) is 4.52 Å². The van der Waals surface area contributed by atoms with Gasteiger partial charge < -0.3 is 4.52 Å². The summed E-state index contributed by atoms with van der Waals surface area (Å²) < 4.78 is 18.5. The topological polar surface area (TPSA) is 64.7 Å². The van der Waals surface area contributed by atoms with Crippen molar-refractivity contribution in [2.45, 2.75) is 24.1 Å². The maximum atomic E-state index is 13.2. The monoisotopic (exact) mass is 372 g/mol. The van der Waals surface area contributed by atoms with Crippen molar-refractivity contribution in [3.05, 3.63) is 53.5 Å². The Bertz CT molecular complexity index is 1030. The Labute approximate surface area is 151 Å². The zero-order valence-corrected chi connectivity index (χ0v) is 15.1. The van der Waals surface area contributed by atoms with Crippen LogP contribution >= 0.6 is 23.1 Å². The van der Waals surface area contributed by atoms with Gasteiger partial charge in [0.15, 0.2) is 5.82 Å². The molecule has 8 heteroatoms. The number of nitrogens with zero attached hydrogens (tertiary/aromatic N) is 4. The molecule has 0 aliphatic carbocycles. The molecule has 1 aromatic carbocycles. The van der Waals surface area contributed by atoms with Gasteiger partial charge in [-0.2, -0.15) is 4.98 Å². The third-order valence-corrected chi connectivity index (χ3v) is 5.64. The van der Waals surface area contributed by atoms with Gasteiger partial charge in [0.2, 0.25) is 5.89 Å². The molecule has 126 valence electrons. The van der Waals surface area contributed by atoms with Gasteiger partial charge in [0.05, 0.1) is 10.6 Å². The van der Waals surface area contributed by atoms with Crippen LogP contribution in [0.25, 0.3) is 21.3 Å². The van der Waals surface area contributed by atoms with Gasteiger partial charge in [-0.1, -0.05) is 29.1 Å². The molecule has 0 spiro atoms. The highest BCUT2D eigenvalue weighted by atomic mass is 32.2. The van der Waals surface area contributed by atoms with Crippen LogP contribution in [0.3, 0.4) is 0 Å². The summed E-state index contributed by atoms with van der Waals surface area (Å²) in [6, 6.07) is 6.45. The Kier molecular flexibility index (Phi) is 4.22. The average molecular weight is 372 g/mol. The van der Waals surface area contributed by atoms with E-state index in [9.17, 15) is 4.39 Å². The molecule has 0 aliphatic heterocycles. The molecule has 3 heterocycles. The van der Waals surface area contributed by atoms with E-state index in [1.54, 1.807) is 48.5 Å². The van der Waals surface area contributed by atoms with E-state index in [1.165, 1.54) is 12.1 Å². The number of thiophene rings is 1. The fourth-order valence-electron chi connectivity index (χ4n) is 2.48. The third kappa shape index (κ3) is 3.14. The Morgan fingerprint density at radius 3 is 2.72 bits per heavy atom. The van der Waals surface area contributed by atoms with Crippen LogP contribution in [-0.2, 0) is 0 Å². The van der Waals surface area contributed by atoms with Crippen molar-refractivity contribution in [1.29, 1.82) is 0 Å². The number of aryl methyl sites for hydroxylation is 1. The number of rotatable bonds is 4. The molecule has 1 atom stereocenters. The average Bonchev–Trinajstić information content (AvgIpc) is 3.23. The molecular formula is C17H13FN4OS2. The number of fused-ring (bicyclic) bond motifs is 1. The first-order valence-corrected chi connectivity index (χ1v) is 9.33. The maximum Gasteiger partial charge on any atom is 0.239 e. The standard InChI is InChI=1S/C17H13FN4OS2/c1-9(15-21-10(2)22-23-15)25-17-14-13(7-24-16(14)19-8-20-17)11-3-5-12(18)6-4-11/h3-9H,1-2H3. The highest BCUT2D eigenvalue weighted by Crippen LogP contribution is 2.42. The number of thioether (sulfide) groups is 1. The van der Waals surface area contributed by atoms with Gasteiger partial charge >= 0.3 is 0 Å². The largest absolute Gasteiger partial charge is 0.338 e. The molecule has 0 saturated heterocycles. The molecule has 4 rings (SSSR count). The van der Waals surface area contributed by atoms with Crippen LogP contribution in [-0.4, -0.2) is 20.1 Å². The van der Waals surface area contributed by atoms with Gasteiger partial charge in [-0.05, 0) is 31.5 Å². The van der Waals surface area contributed by atoms with Crippen molar-refractivity contribution >= 4 is 33.3 Å². The van der Waals surface area contributed by atoms with E-state index in [2.05, 4.69) is 20.1 Å². The fraction of sp³-hybridized carbons (Fsp3) is 0.176. The van der Waals surface area contributed by atoms with Gasteiger partial charge in [-0.3, -0.25) is 0 Å². The van der Waals surface area contributed by atoms with Crippen molar-refractivity contribution < 1.29 is 8.91 Å². The van der Waals surface area contributed by atoms with E-state index < -0.39 is 0 Å². The Morgan fingerprint density at radius 1 is 1.20 bits per heavy atom. The van der Waals surface area contributed by atoms with E-state index in [0.29, 0.717) is 11.7 Å². The molecule has 25 heavy (non-hydrogen) atoms. The predicted octanol–water partition coefficient (Wildman–Crippen LogP) is 5.04. The molecule has 0 radical (unpaired) electrons. The molecule has 0 amide bonds. The summed E-state index contributed by atoms with van der Waals surface area (Å²) in [5, 5.41) is 7.63. The lowest BCUT2D eigenvalue weighted by Gasteiger charge is -2.08. The maximum absolute atomic E-state index is 13.2. The summed E-state index contributed by atoms with van der Waals surface area (Å²) in [6.07, 6.45) is 1.56. The summed E-state index contributed by atoms with van der Waals surface area (Å²) >= 11 is 3.09. The summed E-state index contributed by atoms with van der Waals surface area (Å²) in [7, 11) is 0. The third-order valence-electron chi connectivity index (χ3n) is 3.67. The molecule has 0 bridgehead atoms. The van der Waals surface area contributed by atoms with Crippen LogP contribution in [0.1, 0.15) is 23.9 Å². The molecule has 4 aromatic rings. The van der Waals surface area contributed by atoms with Crippen molar-refractivity contribution in [2.75, 3.05) is 0 Å². The lowest BCUT2D eigenvalue weighted by Crippen LogP contribution is -1.92. The summed E-state index contributed by atoms with van der Waals surface area (Å²) in [5.41, 5.74) is 1.93. The molecular weight excluding hydrogens is 359 g/mol. The zero-order chi connectivity index (χ0) is 17.4. The quantitative estimate of drug-likeness (QED) is 0.369. The predicted molar refractivity (Wildman–Crippen MR) is 96.1 cm³/mol. The van der Waals surface area contributed by atoms with Crippen LogP contribution in [0.5, 0.6) is 0 Å². The SMILES string of the molecule is Cc1noc(C(C)Sc2ncnc3scc(-c4ccc(F)cc4)c23)n1. The number of halogens is 1. The first kappa shape index (κ1) is 16.2. The number of benzene rings is 1. The van der Waals surface area contributed by atoms with Gasteiger partial charge in [0, 0.05) is 10.9 Å². The minimum Gasteiger partial charge on any atom is -0.338 e. The van der Waals surface area contributed by atoms with E-state index in [-0.39, 0.29) is 11.1 Å². The highest BCUT2D eigenvalue weighted by Gasteiger charge is 2.19. The van der Waals surface area contributed by atoms with Crippen LogP contribution in [0.15, 0.2) is 45.5 Å². The van der Waals surface area contributed by atoms with Crippen molar-refractivity contribution in [2.24, 2.45) is 0 Å². The molecule has 0 fully saturated rings. The van der Waals surface area contributed by atoms with Crippen LogP contribution < -0.4 is 0 Å². The second kappa shape index (κ2) is 6.53. The Morgan fingerprint density at radius 2 is 2.00 bits per heavy atom. The van der Waals surface area contributed by atoms with Gasteiger partial charge in [0.25, 0.3) is 0 Å². The summed E-state index contributed by atoms with van der Waals surface area (Å²) in [6.45, 7) is 3.79. The highest BCUT2D eigenvalue weighted by molar-refractivity contribution is 7.99. The fourth-order valence-corrected chi connectivity index (χ4v) is 4.42. The van der Waals surface area contributed by atoms with Crippen LogP contribution in [0, 0.1) is 12.7 Å². The number of hydrogen-bond acceptors (Lipinski definition) is 7. The van der Waals surface area contributed by atoms with E-state index in [1.807, 2.05) is 12.3 Å². The van der Waals surface area contributed by atoms with Crippen LogP contribution in [0.4, 0.5) is 4.39 Å². The lowest BCUT2D eigenvalue weighted by atomic mass is 10.1. The van der Waals surface area contributed by atoms with Crippen LogP contribution in [0.2, 0.25) is 0 Å². The minimum absolute atomic E-state index is 0.0414. The minimum atomic E-state index is -0.255. The Balaban J connectivity index is 1.76. The number of hydrogen-bond donors (Lipinski definition) is 0. The molecule has 1 unspecified atom stereocenters. The summed E-state index contributed by atoms with van der Waals surface area (Å²) in [5.74, 6) is 0.917. The van der Waals surface area contributed by atoms with Gasteiger partial charge in [-0.25, -0.2) is 14.4 Å². The second-order valence-corrected chi connectivity index (χ2v) is 7.64. The summed E-state index contributed by atoms with van der Waals surface area (Å²) in [4.78, 5) is 14.0. The molecule has 5 nitrogen and oxygen atoms in total. The number of aromatic nitrogens is 4. The Hall–Kier alpha value is -2.32. The van der Waals surface area contributed by atoms with Crippen molar-refractivity contribution in [3.63, 3.8) is 0 Å². The zero-order valence-electron chi connectivity index (χ0n) is 13.4. The first-order valence-electron chi connectivity index (χ1n) is 7.57. The molecule has 0 N–H and O–H groups in total.